The summed E-state index contributed by atoms with van der Waals surface area (Å²) >= 11 is 0. The average Bonchev–Trinajstić information content (AvgIpc) is 2.94. The lowest BCUT2D eigenvalue weighted by Gasteiger charge is -2.13. The van der Waals surface area contributed by atoms with Crippen LogP contribution in [0.4, 0.5) is 5.82 Å². The Hall–Kier alpha value is -2.03. The molecule has 3 unspecified atom stereocenters. The molecule has 1 aliphatic rings. The Morgan fingerprint density at radius 3 is 2.89 bits per heavy atom. The van der Waals surface area contributed by atoms with Gasteiger partial charge in [0.15, 0.2) is 17.7 Å². The van der Waals surface area contributed by atoms with Gasteiger partial charge in [0.05, 0.1) is 12.9 Å². The van der Waals surface area contributed by atoms with Crippen LogP contribution in [0.2, 0.25) is 0 Å². The number of nitrogen functional groups attached to an aromatic ring is 1. The van der Waals surface area contributed by atoms with E-state index in [1.807, 2.05) is 0 Å². The Balaban J connectivity index is 2.06. The molecule has 8 heteroatoms. The molecule has 8 nitrogen and oxygen atoms in total. The van der Waals surface area contributed by atoms with Gasteiger partial charge in [0.25, 0.3) is 0 Å². The average molecular weight is 263 g/mol. The number of fused-ring (bicyclic) bond motifs is 1. The van der Waals surface area contributed by atoms with Crippen LogP contribution in [-0.4, -0.2) is 48.5 Å². The number of nitrogens with zero attached hydrogens (tertiary/aromatic N) is 4. The minimum absolute atomic E-state index is 0.270. The molecule has 2 aromatic heterocycles. The summed E-state index contributed by atoms with van der Waals surface area (Å²) in [6, 6.07) is 0. The minimum atomic E-state index is -0.924. The molecule has 3 heterocycles. The molecule has 0 amide bonds. The van der Waals surface area contributed by atoms with Crippen molar-refractivity contribution in [2.75, 3.05) is 12.3 Å². The Kier molecular flexibility index (Phi) is 2.70. The number of imidazole rings is 1. The second-order valence-corrected chi connectivity index (χ2v) is 4.31. The van der Waals surface area contributed by atoms with Gasteiger partial charge in [0.2, 0.25) is 0 Å². The first kappa shape index (κ1) is 12.0. The van der Waals surface area contributed by atoms with Crippen molar-refractivity contribution in [2.45, 2.75) is 18.4 Å². The van der Waals surface area contributed by atoms with Crippen molar-refractivity contribution < 1.29 is 14.9 Å². The van der Waals surface area contributed by atoms with E-state index in [1.54, 1.807) is 4.57 Å². The first-order valence-corrected chi connectivity index (χ1v) is 5.69. The maximum absolute atomic E-state index is 9.88. The van der Waals surface area contributed by atoms with Crippen molar-refractivity contribution in [3.63, 3.8) is 0 Å². The van der Waals surface area contributed by atoms with Gasteiger partial charge in [-0.1, -0.05) is 6.58 Å². The molecule has 3 atom stereocenters. The number of aromatic nitrogens is 4. The molecule has 100 valence electrons. The second-order valence-electron chi connectivity index (χ2n) is 4.31. The highest BCUT2D eigenvalue weighted by molar-refractivity contribution is 5.81. The third-order valence-corrected chi connectivity index (χ3v) is 3.17. The largest absolute Gasteiger partial charge is 0.394 e. The summed E-state index contributed by atoms with van der Waals surface area (Å²) in [6.07, 6.45) is 0.568. The number of aliphatic hydroxyl groups excluding tert-OH is 2. The Morgan fingerprint density at radius 1 is 1.42 bits per heavy atom. The molecule has 1 fully saturated rings. The number of hydrogen-bond donors (Lipinski definition) is 3. The summed E-state index contributed by atoms with van der Waals surface area (Å²) in [4.78, 5) is 12.1. The van der Waals surface area contributed by atoms with Gasteiger partial charge in [0.1, 0.15) is 24.1 Å². The maximum Gasteiger partial charge on any atom is 0.167 e. The zero-order valence-electron chi connectivity index (χ0n) is 9.97. The first-order chi connectivity index (χ1) is 9.13. The normalized spacial score (nSPS) is 27.3. The van der Waals surface area contributed by atoms with Crippen LogP contribution in [0.3, 0.4) is 0 Å². The SMILES string of the molecule is C=C1C(O)C(CO)OC1n1cnc2c(N)ncnc21. The monoisotopic (exact) mass is 263 g/mol. The van der Waals surface area contributed by atoms with E-state index in [0.717, 1.165) is 0 Å². The molecule has 4 N–H and O–H groups in total. The molecule has 1 aliphatic heterocycles. The Morgan fingerprint density at radius 2 is 2.21 bits per heavy atom. The van der Waals surface area contributed by atoms with Crippen molar-refractivity contribution in [2.24, 2.45) is 0 Å². The van der Waals surface area contributed by atoms with E-state index in [-0.39, 0.29) is 12.4 Å². The van der Waals surface area contributed by atoms with Crippen LogP contribution in [0, 0.1) is 0 Å². The van der Waals surface area contributed by atoms with Crippen molar-refractivity contribution in [1.82, 2.24) is 19.5 Å². The van der Waals surface area contributed by atoms with Crippen LogP contribution in [0.25, 0.3) is 11.2 Å². The predicted molar refractivity (Wildman–Crippen MR) is 65.9 cm³/mol. The van der Waals surface area contributed by atoms with E-state index in [2.05, 4.69) is 21.5 Å². The highest BCUT2D eigenvalue weighted by Crippen LogP contribution is 2.34. The number of nitrogens with two attached hydrogens (primary N) is 1. The summed E-state index contributed by atoms with van der Waals surface area (Å²) in [7, 11) is 0. The van der Waals surface area contributed by atoms with Gasteiger partial charge < -0.3 is 20.7 Å². The third-order valence-electron chi connectivity index (χ3n) is 3.17. The molecule has 0 radical (unpaired) electrons. The van der Waals surface area contributed by atoms with Gasteiger partial charge in [-0.25, -0.2) is 15.0 Å². The molecule has 3 rings (SSSR count). The zero-order valence-corrected chi connectivity index (χ0v) is 9.97. The van der Waals surface area contributed by atoms with Crippen LogP contribution in [-0.2, 0) is 4.74 Å². The van der Waals surface area contributed by atoms with Crippen LogP contribution < -0.4 is 5.73 Å². The van der Waals surface area contributed by atoms with Gasteiger partial charge in [-0.15, -0.1) is 0 Å². The van der Waals surface area contributed by atoms with Gasteiger partial charge in [-0.3, -0.25) is 4.57 Å². The van der Waals surface area contributed by atoms with E-state index in [9.17, 15) is 5.11 Å². The molecule has 0 aromatic carbocycles. The predicted octanol–water partition coefficient (Wildman–Crippen LogP) is -0.785. The lowest BCUT2D eigenvalue weighted by atomic mass is 10.1. The smallest absolute Gasteiger partial charge is 0.167 e. The molecular weight excluding hydrogens is 250 g/mol. The number of hydrogen-bond acceptors (Lipinski definition) is 7. The van der Waals surface area contributed by atoms with E-state index in [0.29, 0.717) is 16.7 Å². The summed E-state index contributed by atoms with van der Waals surface area (Å²) in [5.74, 6) is 0.270. The maximum atomic E-state index is 9.88. The fraction of sp³-hybridized carbons (Fsp3) is 0.364. The van der Waals surface area contributed by atoms with Crippen LogP contribution in [0.5, 0.6) is 0 Å². The van der Waals surface area contributed by atoms with Crippen molar-refractivity contribution in [3.8, 4) is 0 Å². The van der Waals surface area contributed by atoms with Crippen molar-refractivity contribution in [1.29, 1.82) is 0 Å². The van der Waals surface area contributed by atoms with E-state index < -0.39 is 18.4 Å². The number of aliphatic hydroxyl groups is 2. The molecule has 0 bridgehead atoms. The summed E-state index contributed by atoms with van der Waals surface area (Å²) in [6.45, 7) is 3.50. The second kappa shape index (κ2) is 4.26. The number of ether oxygens (including phenoxy) is 1. The van der Waals surface area contributed by atoms with Crippen molar-refractivity contribution in [3.05, 3.63) is 24.8 Å². The molecule has 0 saturated carbocycles. The molecular formula is C11H13N5O3. The van der Waals surface area contributed by atoms with Gasteiger partial charge >= 0.3 is 0 Å². The minimum Gasteiger partial charge on any atom is -0.394 e. The molecule has 1 saturated heterocycles. The van der Waals surface area contributed by atoms with Gasteiger partial charge in [-0.05, 0) is 0 Å². The van der Waals surface area contributed by atoms with Crippen LogP contribution >= 0.6 is 0 Å². The number of rotatable bonds is 2. The Bertz CT molecular complexity index is 640. The standard InChI is InChI=1S/C11H13N5O3/c1-5-8(18)6(2-17)19-11(5)16-4-15-7-9(12)13-3-14-10(7)16/h3-4,6,8,11,17-18H,1-2H2,(H2,12,13,14). The van der Waals surface area contributed by atoms with Crippen molar-refractivity contribution >= 4 is 17.0 Å². The zero-order chi connectivity index (χ0) is 13.6. The lowest BCUT2D eigenvalue weighted by molar-refractivity contribution is -0.0422. The summed E-state index contributed by atoms with van der Waals surface area (Å²) in [5.41, 5.74) is 7.09. The topological polar surface area (TPSA) is 119 Å². The Labute approximate surface area is 108 Å². The van der Waals surface area contributed by atoms with Gasteiger partial charge in [-0.2, -0.15) is 0 Å². The molecule has 0 aliphatic carbocycles. The fourth-order valence-corrected chi connectivity index (χ4v) is 2.14. The number of anilines is 1. The highest BCUT2D eigenvalue weighted by atomic mass is 16.5. The van der Waals surface area contributed by atoms with Crippen LogP contribution in [0.1, 0.15) is 6.23 Å². The molecule has 2 aromatic rings. The van der Waals surface area contributed by atoms with E-state index in [1.165, 1.54) is 12.7 Å². The quantitative estimate of drug-likeness (QED) is 0.608. The summed E-state index contributed by atoms with van der Waals surface area (Å²) in [5, 5.41) is 19.0. The lowest BCUT2D eigenvalue weighted by Crippen LogP contribution is -2.25. The van der Waals surface area contributed by atoms with E-state index >= 15 is 0 Å². The highest BCUT2D eigenvalue weighted by Gasteiger charge is 2.38. The van der Waals surface area contributed by atoms with E-state index in [4.69, 9.17) is 15.6 Å². The van der Waals surface area contributed by atoms with Crippen LogP contribution in [0.15, 0.2) is 24.8 Å². The summed E-state index contributed by atoms with van der Waals surface area (Å²) < 4.78 is 7.16. The third kappa shape index (κ3) is 1.69. The first-order valence-electron chi connectivity index (χ1n) is 5.69. The molecule has 19 heavy (non-hydrogen) atoms. The van der Waals surface area contributed by atoms with Gasteiger partial charge in [0, 0.05) is 5.57 Å². The fourth-order valence-electron chi connectivity index (χ4n) is 2.14. The molecule has 0 spiro atoms.